The van der Waals surface area contributed by atoms with E-state index in [2.05, 4.69) is 36.5 Å². The molecule has 0 spiro atoms. The average molecular weight is 831 g/mol. The topological polar surface area (TPSA) is 117 Å². The van der Waals surface area contributed by atoms with E-state index in [1.54, 1.807) is 87.9 Å². The number of pyridine rings is 2. The smallest absolute Gasteiger partial charge is 0.272 e. The number of carbonyl (C=O) groups excluding carboxylic acids is 2. The summed E-state index contributed by atoms with van der Waals surface area (Å²) in [6.45, 7) is -0.0101. The maximum atomic E-state index is 14.0. The lowest BCUT2D eigenvalue weighted by Gasteiger charge is -2.05. The van der Waals surface area contributed by atoms with Gasteiger partial charge in [-0.05, 0) is 97.1 Å². The van der Waals surface area contributed by atoms with Crippen molar-refractivity contribution in [1.82, 2.24) is 29.4 Å². The quantitative estimate of drug-likeness (QED) is 0.148. The number of amides is 2. The van der Waals surface area contributed by atoms with E-state index < -0.39 is 23.4 Å². The van der Waals surface area contributed by atoms with Crippen LogP contribution in [0.25, 0.3) is 33.8 Å². The maximum Gasteiger partial charge on any atom is 0.272 e. The third kappa shape index (κ3) is 8.43. The summed E-state index contributed by atoms with van der Waals surface area (Å²) in [4.78, 5) is 34.4. The first-order chi connectivity index (χ1) is 27.6. The van der Waals surface area contributed by atoms with Gasteiger partial charge in [-0.3, -0.25) is 18.4 Å². The van der Waals surface area contributed by atoms with E-state index in [9.17, 15) is 27.2 Å². The van der Waals surface area contributed by atoms with Crippen LogP contribution in [0.4, 0.5) is 17.6 Å². The second-order valence-corrected chi connectivity index (χ2v) is 13.4. The third-order valence-electron chi connectivity index (χ3n) is 8.81. The molecule has 0 saturated heterocycles. The molecule has 0 atom stereocenters. The van der Waals surface area contributed by atoms with Gasteiger partial charge in [-0.2, -0.15) is 5.26 Å². The number of benzene rings is 4. The summed E-state index contributed by atoms with van der Waals surface area (Å²) in [7, 11) is 0. The number of carbonyl (C=O) groups is 2. The molecule has 0 radical (unpaired) electrons. The highest BCUT2D eigenvalue weighted by atomic mass is 79.9. The van der Waals surface area contributed by atoms with Crippen molar-refractivity contribution in [2.45, 2.75) is 13.1 Å². The lowest BCUT2D eigenvalue weighted by Crippen LogP contribution is -2.24. The van der Waals surface area contributed by atoms with E-state index in [0.29, 0.717) is 43.8 Å². The number of rotatable bonds is 8. The van der Waals surface area contributed by atoms with Gasteiger partial charge in [0.2, 0.25) is 0 Å². The predicted molar refractivity (Wildman–Crippen MR) is 209 cm³/mol. The summed E-state index contributed by atoms with van der Waals surface area (Å²) >= 11 is 3.21. The molecule has 9 nitrogen and oxygen atoms in total. The van der Waals surface area contributed by atoms with Gasteiger partial charge in [0.1, 0.15) is 34.9 Å². The number of fused-ring (bicyclic) bond motifs is 2. The van der Waals surface area contributed by atoms with Gasteiger partial charge < -0.3 is 10.6 Å². The Bertz CT molecular complexity index is 2820. The molecule has 2 N–H and O–H groups in total. The summed E-state index contributed by atoms with van der Waals surface area (Å²) in [6, 6.07) is 33.1. The number of imidazole rings is 2. The van der Waals surface area contributed by atoms with Crippen LogP contribution in [0.15, 0.2) is 138 Å². The van der Waals surface area contributed by atoms with Gasteiger partial charge in [0.25, 0.3) is 11.8 Å². The highest BCUT2D eigenvalue weighted by Crippen LogP contribution is 2.25. The lowest BCUT2D eigenvalue weighted by atomic mass is 10.1. The number of halogens is 5. The molecular formula is C43H28BrF4N7O2. The molecule has 4 heterocycles. The van der Waals surface area contributed by atoms with Crippen LogP contribution in [-0.4, -0.2) is 30.6 Å². The molecular weight excluding hydrogens is 802 g/mol. The first-order valence-electron chi connectivity index (χ1n) is 17.2. The number of aromatic nitrogens is 4. The summed E-state index contributed by atoms with van der Waals surface area (Å²) in [5.74, 6) is -1.55. The Morgan fingerprint density at radius 2 is 1.07 bits per heavy atom. The highest BCUT2D eigenvalue weighted by molar-refractivity contribution is 9.10. The lowest BCUT2D eigenvalue weighted by molar-refractivity contribution is 0.0939. The molecule has 14 heteroatoms. The number of hydrogen-bond donors (Lipinski definition) is 2. The first-order valence-corrected chi connectivity index (χ1v) is 18.0. The molecule has 8 rings (SSSR count). The minimum atomic E-state index is -0.564. The molecule has 2 amide bonds. The molecule has 0 bridgehead atoms. The highest BCUT2D eigenvalue weighted by Gasteiger charge is 2.20. The van der Waals surface area contributed by atoms with Crippen molar-refractivity contribution in [2.75, 3.05) is 0 Å². The van der Waals surface area contributed by atoms with Crippen molar-refractivity contribution in [3.63, 3.8) is 0 Å². The van der Waals surface area contributed by atoms with Crippen molar-refractivity contribution in [1.29, 1.82) is 5.26 Å². The van der Waals surface area contributed by atoms with Crippen molar-refractivity contribution in [3.8, 4) is 28.8 Å². The van der Waals surface area contributed by atoms with Gasteiger partial charge >= 0.3 is 0 Å². The fourth-order valence-electron chi connectivity index (χ4n) is 5.96. The van der Waals surface area contributed by atoms with E-state index in [4.69, 9.17) is 5.26 Å². The Labute approximate surface area is 331 Å². The second-order valence-electron chi connectivity index (χ2n) is 12.5. The van der Waals surface area contributed by atoms with Gasteiger partial charge in [0.15, 0.2) is 11.4 Å². The third-order valence-corrected chi connectivity index (χ3v) is 9.30. The number of nitrogens with zero attached hydrogens (tertiary/aromatic N) is 5. The van der Waals surface area contributed by atoms with Crippen LogP contribution in [0.3, 0.4) is 0 Å². The van der Waals surface area contributed by atoms with Crippen molar-refractivity contribution in [2.24, 2.45) is 0 Å². The van der Waals surface area contributed by atoms with E-state index in [-0.39, 0.29) is 47.2 Å². The van der Waals surface area contributed by atoms with Crippen molar-refractivity contribution in [3.05, 3.63) is 190 Å². The second kappa shape index (κ2) is 16.7. The van der Waals surface area contributed by atoms with Crippen LogP contribution in [0.1, 0.15) is 37.7 Å². The minimum absolute atomic E-state index is 0.0374. The Hall–Kier alpha value is -7.11. The van der Waals surface area contributed by atoms with Crippen LogP contribution >= 0.6 is 15.9 Å². The van der Waals surface area contributed by atoms with Crippen LogP contribution < -0.4 is 10.6 Å². The number of nitrogens with one attached hydrogen (secondary N) is 2. The molecule has 57 heavy (non-hydrogen) atoms. The van der Waals surface area contributed by atoms with Gasteiger partial charge in [0, 0.05) is 52.2 Å². The Balaban J connectivity index is 0.000000174. The molecule has 0 aliphatic rings. The van der Waals surface area contributed by atoms with E-state index in [1.807, 2.05) is 12.1 Å². The zero-order valence-electron chi connectivity index (χ0n) is 29.6. The summed E-state index contributed by atoms with van der Waals surface area (Å²) in [5.41, 5.74) is 3.77. The molecule has 0 aliphatic heterocycles. The van der Waals surface area contributed by atoms with Crippen LogP contribution in [0.2, 0.25) is 0 Å². The Kier molecular flexibility index (Phi) is 11.2. The van der Waals surface area contributed by atoms with Crippen molar-refractivity contribution < 1.29 is 27.2 Å². The predicted octanol–water partition coefficient (Wildman–Crippen LogP) is 9.05. The number of hydrogen-bond acceptors (Lipinski definition) is 5. The molecule has 0 aliphatic carbocycles. The monoisotopic (exact) mass is 829 g/mol. The fraction of sp³-hybridized carbons (Fsp3) is 0.0465. The van der Waals surface area contributed by atoms with Crippen molar-refractivity contribution >= 4 is 38.8 Å². The largest absolute Gasteiger partial charge is 0.346 e. The maximum absolute atomic E-state index is 14.0. The molecule has 4 aromatic heterocycles. The minimum Gasteiger partial charge on any atom is -0.346 e. The van der Waals surface area contributed by atoms with Gasteiger partial charge in [-0.25, -0.2) is 27.5 Å². The van der Waals surface area contributed by atoms with Gasteiger partial charge in [-0.1, -0.05) is 40.2 Å². The molecule has 0 fully saturated rings. The first kappa shape index (κ1) is 38.2. The van der Waals surface area contributed by atoms with Gasteiger partial charge in [0.05, 0.1) is 22.7 Å². The fourth-order valence-corrected chi connectivity index (χ4v) is 6.29. The molecule has 8 aromatic rings. The molecule has 4 aromatic carbocycles. The summed E-state index contributed by atoms with van der Waals surface area (Å²) < 4.78 is 58.7. The standard InChI is InChI=1S/C22H14F2N4O.C21H14BrF2N3O/c23-17-8-6-15(7-9-17)21-27-20(19-3-1-2-10-28(19)21)22(29)26-13-16-5-4-14(12-25)11-18(16)24;22-15-7-4-14(17(24)11-15)12-25-21(28)19-18-3-1-2-10-27(18)20(26-19)13-5-8-16(23)9-6-13/h1-11H,13H2,(H,26,29);1-11H,12H2,(H,25,28). The normalized spacial score (nSPS) is 10.8. The Morgan fingerprint density at radius 3 is 1.51 bits per heavy atom. The zero-order chi connectivity index (χ0) is 40.1. The van der Waals surface area contributed by atoms with Crippen LogP contribution in [0.5, 0.6) is 0 Å². The molecule has 0 saturated carbocycles. The average Bonchev–Trinajstić information content (AvgIpc) is 3.81. The molecule has 282 valence electrons. The van der Waals surface area contributed by atoms with E-state index in [1.165, 1.54) is 42.5 Å². The number of nitriles is 1. The van der Waals surface area contributed by atoms with Gasteiger partial charge in [-0.15, -0.1) is 0 Å². The van der Waals surface area contributed by atoms with Crippen LogP contribution in [-0.2, 0) is 13.1 Å². The zero-order valence-corrected chi connectivity index (χ0v) is 31.1. The SMILES string of the molecule is N#Cc1ccc(CNC(=O)c2nc(-c3ccc(F)cc3)n3ccccc23)c(F)c1.O=C(NCc1ccc(Br)cc1F)c1nc(-c2ccc(F)cc2)n2ccccc12. The van der Waals surface area contributed by atoms with E-state index in [0.717, 1.165) is 6.07 Å². The molecule has 0 unspecified atom stereocenters. The Morgan fingerprint density at radius 1 is 0.614 bits per heavy atom. The van der Waals surface area contributed by atoms with E-state index >= 15 is 0 Å². The summed E-state index contributed by atoms with van der Waals surface area (Å²) in [5, 5.41) is 14.2. The van der Waals surface area contributed by atoms with Crippen LogP contribution in [0, 0.1) is 34.6 Å². The summed E-state index contributed by atoms with van der Waals surface area (Å²) in [6.07, 6.45) is 3.55.